The van der Waals surface area contributed by atoms with Gasteiger partial charge in [0.1, 0.15) is 5.52 Å². The van der Waals surface area contributed by atoms with E-state index in [1.54, 1.807) is 10.9 Å². The molecule has 90 valence electrons. The first kappa shape index (κ1) is 10.9. The van der Waals surface area contributed by atoms with E-state index in [-0.39, 0.29) is 6.04 Å². The number of hydrogen-bond donors (Lipinski definition) is 1. The van der Waals surface area contributed by atoms with Gasteiger partial charge in [-0.1, -0.05) is 17.3 Å². The molecule has 0 saturated heterocycles. The number of hydrogen-bond acceptors (Lipinski definition) is 4. The number of pyridine rings is 1. The lowest BCUT2D eigenvalue weighted by Gasteiger charge is -2.07. The van der Waals surface area contributed by atoms with Gasteiger partial charge in [-0.05, 0) is 36.8 Å². The summed E-state index contributed by atoms with van der Waals surface area (Å²) in [6.07, 6.45) is 1.74. The second-order valence-corrected chi connectivity index (χ2v) is 4.23. The predicted octanol–water partition coefficient (Wildman–Crippen LogP) is 1.84. The van der Waals surface area contributed by atoms with Crippen LogP contribution in [0.1, 0.15) is 18.5 Å². The van der Waals surface area contributed by atoms with E-state index in [1.807, 2.05) is 43.3 Å². The van der Waals surface area contributed by atoms with Crippen LogP contribution in [0.4, 0.5) is 0 Å². The highest BCUT2D eigenvalue weighted by Crippen LogP contribution is 2.17. The SMILES string of the molecule is CC(N)c1ccnc(-n2nnc3ccccc32)c1. The molecule has 1 unspecified atom stereocenters. The van der Waals surface area contributed by atoms with Crippen LogP contribution in [0.15, 0.2) is 42.6 Å². The molecule has 0 aliphatic heterocycles. The van der Waals surface area contributed by atoms with Crippen LogP contribution in [-0.2, 0) is 0 Å². The second-order valence-electron chi connectivity index (χ2n) is 4.23. The van der Waals surface area contributed by atoms with Crippen molar-refractivity contribution in [1.29, 1.82) is 0 Å². The van der Waals surface area contributed by atoms with Crippen molar-refractivity contribution in [3.05, 3.63) is 48.2 Å². The zero-order valence-corrected chi connectivity index (χ0v) is 9.99. The Morgan fingerprint density at radius 2 is 2.06 bits per heavy atom. The third-order valence-electron chi connectivity index (χ3n) is 2.86. The molecule has 0 aliphatic rings. The number of benzene rings is 1. The van der Waals surface area contributed by atoms with Gasteiger partial charge in [-0.15, -0.1) is 5.10 Å². The van der Waals surface area contributed by atoms with Crippen LogP contribution in [0, 0.1) is 0 Å². The highest BCUT2D eigenvalue weighted by atomic mass is 15.4. The van der Waals surface area contributed by atoms with Crippen LogP contribution in [0.2, 0.25) is 0 Å². The molecule has 1 aromatic carbocycles. The number of aromatic nitrogens is 4. The molecule has 5 nitrogen and oxygen atoms in total. The molecular weight excluding hydrogens is 226 g/mol. The molecule has 1 atom stereocenters. The predicted molar refractivity (Wildman–Crippen MR) is 69.3 cm³/mol. The highest BCUT2D eigenvalue weighted by Gasteiger charge is 2.08. The Morgan fingerprint density at radius 3 is 2.89 bits per heavy atom. The molecule has 0 aliphatic carbocycles. The fraction of sp³-hybridized carbons (Fsp3) is 0.154. The van der Waals surface area contributed by atoms with E-state index in [1.165, 1.54) is 0 Å². The summed E-state index contributed by atoms with van der Waals surface area (Å²) in [6.45, 7) is 1.94. The summed E-state index contributed by atoms with van der Waals surface area (Å²) in [5, 5.41) is 8.24. The van der Waals surface area contributed by atoms with Gasteiger partial charge in [0.15, 0.2) is 5.82 Å². The summed E-state index contributed by atoms with van der Waals surface area (Å²) < 4.78 is 1.72. The third-order valence-corrected chi connectivity index (χ3v) is 2.86. The highest BCUT2D eigenvalue weighted by molar-refractivity contribution is 5.75. The van der Waals surface area contributed by atoms with E-state index in [9.17, 15) is 0 Å². The maximum atomic E-state index is 5.88. The Balaban J connectivity index is 2.17. The maximum absolute atomic E-state index is 5.88. The number of para-hydroxylation sites is 1. The molecule has 0 amide bonds. The lowest BCUT2D eigenvalue weighted by Crippen LogP contribution is -2.07. The first-order chi connectivity index (χ1) is 8.75. The lowest BCUT2D eigenvalue weighted by atomic mass is 10.1. The molecule has 0 saturated carbocycles. The van der Waals surface area contributed by atoms with Crippen LogP contribution >= 0.6 is 0 Å². The van der Waals surface area contributed by atoms with Gasteiger partial charge < -0.3 is 5.73 Å². The summed E-state index contributed by atoms with van der Waals surface area (Å²) in [4.78, 5) is 4.32. The van der Waals surface area contributed by atoms with Crippen LogP contribution in [0.3, 0.4) is 0 Å². The largest absolute Gasteiger partial charge is 0.324 e. The van der Waals surface area contributed by atoms with Crippen molar-refractivity contribution in [2.24, 2.45) is 5.73 Å². The first-order valence-electron chi connectivity index (χ1n) is 5.78. The number of fused-ring (bicyclic) bond motifs is 1. The minimum absolute atomic E-state index is 0.0264. The molecule has 2 aromatic heterocycles. The van der Waals surface area contributed by atoms with Gasteiger partial charge >= 0.3 is 0 Å². The van der Waals surface area contributed by atoms with E-state index in [0.29, 0.717) is 0 Å². The van der Waals surface area contributed by atoms with Gasteiger partial charge in [0.2, 0.25) is 0 Å². The number of rotatable bonds is 2. The molecule has 0 spiro atoms. The van der Waals surface area contributed by atoms with Gasteiger partial charge in [0, 0.05) is 12.2 Å². The summed E-state index contributed by atoms with van der Waals surface area (Å²) >= 11 is 0. The van der Waals surface area contributed by atoms with E-state index in [4.69, 9.17) is 5.73 Å². The van der Waals surface area contributed by atoms with Crippen molar-refractivity contribution in [1.82, 2.24) is 20.0 Å². The van der Waals surface area contributed by atoms with Crippen LogP contribution in [-0.4, -0.2) is 20.0 Å². The molecule has 3 aromatic rings. The molecule has 2 N–H and O–H groups in total. The minimum atomic E-state index is -0.0264. The fourth-order valence-corrected chi connectivity index (χ4v) is 1.87. The quantitative estimate of drug-likeness (QED) is 0.740. The van der Waals surface area contributed by atoms with Gasteiger partial charge in [0.25, 0.3) is 0 Å². The van der Waals surface area contributed by atoms with Crippen molar-refractivity contribution >= 4 is 11.0 Å². The molecule has 0 radical (unpaired) electrons. The Hall–Kier alpha value is -2.27. The van der Waals surface area contributed by atoms with Crippen LogP contribution < -0.4 is 5.73 Å². The lowest BCUT2D eigenvalue weighted by molar-refractivity contribution is 0.780. The Kier molecular flexibility index (Phi) is 2.53. The second kappa shape index (κ2) is 4.19. The summed E-state index contributed by atoms with van der Waals surface area (Å²) in [6, 6.07) is 11.6. The van der Waals surface area contributed by atoms with E-state index >= 15 is 0 Å². The molecule has 0 fully saturated rings. The fourth-order valence-electron chi connectivity index (χ4n) is 1.87. The Morgan fingerprint density at radius 1 is 1.22 bits per heavy atom. The summed E-state index contributed by atoms with van der Waals surface area (Å²) in [5.74, 6) is 0.735. The molecule has 0 bridgehead atoms. The Bertz CT molecular complexity index is 686. The van der Waals surface area contributed by atoms with E-state index in [2.05, 4.69) is 15.3 Å². The summed E-state index contributed by atoms with van der Waals surface area (Å²) in [7, 11) is 0. The molecular formula is C13H13N5. The first-order valence-corrected chi connectivity index (χ1v) is 5.78. The van der Waals surface area contributed by atoms with Gasteiger partial charge in [-0.3, -0.25) is 0 Å². The Labute approximate surface area is 104 Å². The average Bonchev–Trinajstić information content (AvgIpc) is 2.82. The zero-order chi connectivity index (χ0) is 12.5. The van der Waals surface area contributed by atoms with Crippen molar-refractivity contribution < 1.29 is 0 Å². The zero-order valence-electron chi connectivity index (χ0n) is 9.99. The molecule has 5 heteroatoms. The number of nitrogens with zero attached hydrogens (tertiary/aromatic N) is 4. The van der Waals surface area contributed by atoms with Crippen molar-refractivity contribution in [3.63, 3.8) is 0 Å². The average molecular weight is 239 g/mol. The number of nitrogens with two attached hydrogens (primary N) is 1. The van der Waals surface area contributed by atoms with Crippen molar-refractivity contribution in [2.45, 2.75) is 13.0 Å². The van der Waals surface area contributed by atoms with Crippen molar-refractivity contribution in [2.75, 3.05) is 0 Å². The molecule has 3 rings (SSSR count). The monoisotopic (exact) mass is 239 g/mol. The smallest absolute Gasteiger partial charge is 0.156 e. The standard InChI is InChI=1S/C13H13N5/c1-9(14)10-6-7-15-13(8-10)18-12-5-3-2-4-11(12)16-17-18/h2-9H,14H2,1H3. The van der Waals surface area contributed by atoms with E-state index < -0.39 is 0 Å². The molecule has 2 heterocycles. The minimum Gasteiger partial charge on any atom is -0.324 e. The van der Waals surface area contributed by atoms with Gasteiger partial charge in [-0.25, -0.2) is 4.98 Å². The maximum Gasteiger partial charge on any atom is 0.156 e. The normalized spacial score (nSPS) is 12.8. The molecule has 18 heavy (non-hydrogen) atoms. The third kappa shape index (κ3) is 1.74. The van der Waals surface area contributed by atoms with Crippen LogP contribution in [0.5, 0.6) is 0 Å². The van der Waals surface area contributed by atoms with Crippen molar-refractivity contribution in [3.8, 4) is 5.82 Å². The van der Waals surface area contributed by atoms with Crippen LogP contribution in [0.25, 0.3) is 16.9 Å². The van der Waals surface area contributed by atoms with Gasteiger partial charge in [0.05, 0.1) is 5.52 Å². The topological polar surface area (TPSA) is 69.6 Å². The summed E-state index contributed by atoms with van der Waals surface area (Å²) in [5.41, 5.74) is 8.69. The van der Waals surface area contributed by atoms with E-state index in [0.717, 1.165) is 22.4 Å². The van der Waals surface area contributed by atoms with Gasteiger partial charge in [-0.2, -0.15) is 4.68 Å².